The number of hydrogen-bond donors (Lipinski definition) is 2. The van der Waals surface area contributed by atoms with Crippen LogP contribution in [0.2, 0.25) is 0 Å². The number of nitrogens with two attached hydrogens (primary N) is 1. The highest BCUT2D eigenvalue weighted by Gasteiger charge is 2.26. The third kappa shape index (κ3) is 3.35. The lowest BCUT2D eigenvalue weighted by atomic mass is 9.90. The van der Waals surface area contributed by atoms with E-state index in [9.17, 15) is 4.39 Å². The van der Waals surface area contributed by atoms with Crippen molar-refractivity contribution in [3.63, 3.8) is 0 Å². The molecule has 18 heavy (non-hydrogen) atoms. The van der Waals surface area contributed by atoms with Gasteiger partial charge < -0.3 is 15.8 Å². The number of nitrogens with one attached hydrogen (secondary N) is 1. The molecule has 102 valence electrons. The lowest BCUT2D eigenvalue weighted by Crippen LogP contribution is -2.45. The zero-order valence-electron chi connectivity index (χ0n) is 11.4. The molecule has 0 radical (unpaired) electrons. The number of anilines is 1. The molecule has 0 aliphatic heterocycles. The fourth-order valence-electron chi connectivity index (χ4n) is 2.12. The fourth-order valence-corrected chi connectivity index (χ4v) is 2.12. The molecule has 0 aromatic heterocycles. The van der Waals surface area contributed by atoms with E-state index in [4.69, 9.17) is 10.5 Å². The lowest BCUT2D eigenvalue weighted by Gasteiger charge is -2.33. The molecule has 0 saturated heterocycles. The predicted molar refractivity (Wildman–Crippen MR) is 73.6 cm³/mol. The Labute approximate surface area is 109 Å². The highest BCUT2D eigenvalue weighted by molar-refractivity contribution is 5.51. The van der Waals surface area contributed by atoms with Crippen LogP contribution in [-0.2, 0) is 0 Å². The summed E-state index contributed by atoms with van der Waals surface area (Å²) in [6.45, 7) is 4.64. The second-order valence-corrected chi connectivity index (χ2v) is 4.56. The molecule has 4 heteroatoms. The van der Waals surface area contributed by atoms with Gasteiger partial charge in [0.15, 0.2) is 0 Å². The van der Waals surface area contributed by atoms with Crippen molar-refractivity contribution in [3.05, 3.63) is 24.0 Å². The van der Waals surface area contributed by atoms with E-state index in [1.807, 2.05) is 0 Å². The van der Waals surface area contributed by atoms with Crippen molar-refractivity contribution in [2.75, 3.05) is 19.0 Å². The molecule has 3 nitrogen and oxygen atoms in total. The van der Waals surface area contributed by atoms with Crippen LogP contribution in [0.15, 0.2) is 18.2 Å². The van der Waals surface area contributed by atoms with Crippen molar-refractivity contribution in [3.8, 4) is 5.75 Å². The van der Waals surface area contributed by atoms with Crippen molar-refractivity contribution in [2.45, 2.75) is 38.6 Å². The molecule has 0 aliphatic carbocycles. The van der Waals surface area contributed by atoms with E-state index in [1.54, 1.807) is 19.2 Å². The summed E-state index contributed by atoms with van der Waals surface area (Å²) in [6, 6.07) is 4.69. The first-order chi connectivity index (χ1) is 8.60. The Balaban J connectivity index is 2.99. The summed E-state index contributed by atoms with van der Waals surface area (Å²) in [5.74, 6) is 0.357. The number of benzene rings is 1. The molecule has 1 aromatic rings. The molecule has 0 bridgehead atoms. The molecule has 0 aliphatic rings. The Hall–Kier alpha value is -1.29. The Morgan fingerprint density at radius 3 is 2.61 bits per heavy atom. The predicted octanol–water partition coefficient (Wildman–Crippen LogP) is 3.15. The highest BCUT2D eigenvalue weighted by Crippen LogP contribution is 2.27. The maximum absolute atomic E-state index is 13.8. The van der Waals surface area contributed by atoms with Crippen LogP contribution in [-0.4, -0.2) is 19.2 Å². The monoisotopic (exact) mass is 254 g/mol. The van der Waals surface area contributed by atoms with E-state index in [2.05, 4.69) is 19.2 Å². The lowest BCUT2D eigenvalue weighted by molar-refractivity contribution is 0.409. The third-order valence-electron chi connectivity index (χ3n) is 3.37. The van der Waals surface area contributed by atoms with E-state index in [0.29, 0.717) is 18.0 Å². The zero-order valence-corrected chi connectivity index (χ0v) is 11.4. The summed E-state index contributed by atoms with van der Waals surface area (Å²) in [7, 11) is 1.57. The van der Waals surface area contributed by atoms with Crippen LogP contribution in [0.25, 0.3) is 0 Å². The van der Waals surface area contributed by atoms with E-state index in [-0.39, 0.29) is 11.4 Å². The van der Waals surface area contributed by atoms with Gasteiger partial charge in [-0.25, -0.2) is 4.39 Å². The molecule has 0 spiro atoms. The van der Waals surface area contributed by atoms with Crippen molar-refractivity contribution in [1.29, 1.82) is 0 Å². The zero-order chi connectivity index (χ0) is 13.6. The van der Waals surface area contributed by atoms with Gasteiger partial charge in [0.1, 0.15) is 11.6 Å². The largest absolute Gasteiger partial charge is 0.497 e. The minimum Gasteiger partial charge on any atom is -0.497 e. The first-order valence-electron chi connectivity index (χ1n) is 6.42. The van der Waals surface area contributed by atoms with E-state index >= 15 is 0 Å². The average molecular weight is 254 g/mol. The molecule has 1 unspecified atom stereocenters. The molecule has 0 heterocycles. The van der Waals surface area contributed by atoms with Gasteiger partial charge in [-0.3, -0.25) is 0 Å². The van der Waals surface area contributed by atoms with Crippen LogP contribution in [0.1, 0.15) is 33.1 Å². The van der Waals surface area contributed by atoms with Gasteiger partial charge in [-0.2, -0.15) is 0 Å². The second kappa shape index (κ2) is 6.59. The van der Waals surface area contributed by atoms with Crippen molar-refractivity contribution < 1.29 is 9.13 Å². The Morgan fingerprint density at radius 2 is 2.11 bits per heavy atom. The molecule has 0 fully saturated rings. The number of ether oxygens (including phenoxy) is 1. The summed E-state index contributed by atoms with van der Waals surface area (Å²) >= 11 is 0. The van der Waals surface area contributed by atoms with Gasteiger partial charge in [-0.15, -0.1) is 0 Å². The van der Waals surface area contributed by atoms with Crippen LogP contribution in [0.4, 0.5) is 10.1 Å². The molecule has 3 N–H and O–H groups in total. The highest BCUT2D eigenvalue weighted by atomic mass is 19.1. The van der Waals surface area contributed by atoms with Gasteiger partial charge in [0.05, 0.1) is 12.8 Å². The summed E-state index contributed by atoms with van der Waals surface area (Å²) < 4.78 is 18.9. The molecule has 0 amide bonds. The first-order valence-corrected chi connectivity index (χ1v) is 6.42. The molecular weight excluding hydrogens is 231 g/mol. The first kappa shape index (κ1) is 14.8. The van der Waals surface area contributed by atoms with Gasteiger partial charge in [-0.05, 0) is 25.0 Å². The summed E-state index contributed by atoms with van der Waals surface area (Å²) in [5.41, 5.74) is 6.06. The minimum absolute atomic E-state index is 0.248. The van der Waals surface area contributed by atoms with Gasteiger partial charge in [0, 0.05) is 18.2 Å². The Kier molecular flexibility index (Phi) is 5.41. The molecular formula is C14H23FN2O. The van der Waals surface area contributed by atoms with Gasteiger partial charge >= 0.3 is 0 Å². The van der Waals surface area contributed by atoms with Crippen molar-refractivity contribution in [1.82, 2.24) is 0 Å². The fraction of sp³-hybridized carbons (Fsp3) is 0.571. The number of rotatable bonds is 7. The SMILES string of the molecule is CCCC(CC)(CN)Nc1cc(OC)ccc1F. The van der Waals surface area contributed by atoms with Crippen molar-refractivity contribution >= 4 is 5.69 Å². The molecule has 1 aromatic carbocycles. The van der Waals surface area contributed by atoms with E-state index in [1.165, 1.54) is 6.07 Å². The topological polar surface area (TPSA) is 47.3 Å². The average Bonchev–Trinajstić information content (AvgIpc) is 2.40. The molecule has 1 rings (SSSR count). The smallest absolute Gasteiger partial charge is 0.146 e. The summed E-state index contributed by atoms with van der Waals surface area (Å²) in [4.78, 5) is 0. The van der Waals surface area contributed by atoms with E-state index < -0.39 is 0 Å². The molecule has 1 atom stereocenters. The van der Waals surface area contributed by atoms with Crippen LogP contribution in [0.3, 0.4) is 0 Å². The molecule has 0 saturated carbocycles. The van der Waals surface area contributed by atoms with Gasteiger partial charge in [-0.1, -0.05) is 20.3 Å². The Bertz CT molecular complexity index is 378. The quantitative estimate of drug-likeness (QED) is 0.785. The minimum atomic E-state index is -0.279. The van der Waals surface area contributed by atoms with Crippen LogP contribution < -0.4 is 15.8 Å². The van der Waals surface area contributed by atoms with Crippen molar-refractivity contribution in [2.24, 2.45) is 5.73 Å². The summed E-state index contributed by atoms with van der Waals surface area (Å²) in [5, 5.41) is 3.26. The normalized spacial score (nSPS) is 14.1. The number of methoxy groups -OCH3 is 1. The maximum atomic E-state index is 13.8. The number of halogens is 1. The van der Waals surface area contributed by atoms with Gasteiger partial charge in [0.25, 0.3) is 0 Å². The van der Waals surface area contributed by atoms with Crippen LogP contribution in [0, 0.1) is 5.82 Å². The third-order valence-corrected chi connectivity index (χ3v) is 3.37. The summed E-state index contributed by atoms with van der Waals surface area (Å²) in [6.07, 6.45) is 2.77. The van der Waals surface area contributed by atoms with Crippen LogP contribution >= 0.6 is 0 Å². The Morgan fingerprint density at radius 1 is 1.39 bits per heavy atom. The second-order valence-electron chi connectivity index (χ2n) is 4.56. The maximum Gasteiger partial charge on any atom is 0.146 e. The standard InChI is InChI=1S/C14H23FN2O/c1-4-8-14(5-2,10-16)17-13-9-11(18-3)6-7-12(13)15/h6-7,9,17H,4-5,8,10,16H2,1-3H3. The van der Waals surface area contributed by atoms with Crippen LogP contribution in [0.5, 0.6) is 5.75 Å². The van der Waals surface area contributed by atoms with E-state index in [0.717, 1.165) is 19.3 Å². The van der Waals surface area contributed by atoms with Gasteiger partial charge in [0.2, 0.25) is 0 Å². The number of hydrogen-bond acceptors (Lipinski definition) is 3.